The summed E-state index contributed by atoms with van der Waals surface area (Å²) in [4.78, 5) is 0. The van der Waals surface area contributed by atoms with Crippen LogP contribution in [0.1, 0.15) is 28.9 Å². The SMILES string of the molecule is COCOC(/C=C(/C(O)c1ccc(C(F)(F)F)cc1)C(F)(F)F)c1ccc(OC)cc1. The molecule has 0 aliphatic rings. The predicted octanol–water partition coefficient (Wildman–Crippen LogP) is 5.60. The van der Waals surface area contributed by atoms with Crippen molar-refractivity contribution >= 4 is 0 Å². The van der Waals surface area contributed by atoms with Gasteiger partial charge in [0.15, 0.2) is 0 Å². The van der Waals surface area contributed by atoms with Gasteiger partial charge in [0.2, 0.25) is 0 Å². The number of halogens is 6. The topological polar surface area (TPSA) is 47.9 Å². The number of rotatable bonds is 8. The van der Waals surface area contributed by atoms with Gasteiger partial charge in [0, 0.05) is 7.11 Å². The second kappa shape index (κ2) is 10.2. The van der Waals surface area contributed by atoms with E-state index in [4.69, 9.17) is 14.2 Å². The Morgan fingerprint density at radius 1 is 0.903 bits per heavy atom. The molecule has 0 aromatic heterocycles. The minimum Gasteiger partial charge on any atom is -0.497 e. The number of hydrogen-bond donors (Lipinski definition) is 1. The van der Waals surface area contributed by atoms with Crippen molar-refractivity contribution in [1.82, 2.24) is 0 Å². The summed E-state index contributed by atoms with van der Waals surface area (Å²) < 4.78 is 94.4. The van der Waals surface area contributed by atoms with Gasteiger partial charge in [-0.15, -0.1) is 0 Å². The van der Waals surface area contributed by atoms with Crippen LogP contribution in [-0.2, 0) is 15.7 Å². The largest absolute Gasteiger partial charge is 0.497 e. The second-order valence-electron chi connectivity index (χ2n) is 6.41. The molecule has 2 atom stereocenters. The van der Waals surface area contributed by atoms with E-state index >= 15 is 0 Å². The van der Waals surface area contributed by atoms with Gasteiger partial charge in [-0.05, 0) is 41.5 Å². The summed E-state index contributed by atoms with van der Waals surface area (Å²) in [5.74, 6) is 0.471. The summed E-state index contributed by atoms with van der Waals surface area (Å²) >= 11 is 0. The van der Waals surface area contributed by atoms with Gasteiger partial charge in [0.25, 0.3) is 0 Å². The molecule has 2 aromatic carbocycles. The zero-order chi connectivity index (χ0) is 23.2. The predicted molar refractivity (Wildman–Crippen MR) is 99.2 cm³/mol. The fourth-order valence-electron chi connectivity index (χ4n) is 2.71. The summed E-state index contributed by atoms with van der Waals surface area (Å²) in [6, 6.07) is 8.81. The summed E-state index contributed by atoms with van der Waals surface area (Å²) in [7, 11) is 2.71. The summed E-state index contributed by atoms with van der Waals surface area (Å²) in [5, 5.41) is 10.3. The lowest BCUT2D eigenvalue weighted by molar-refractivity contribution is -0.137. The van der Waals surface area contributed by atoms with Crippen LogP contribution in [0.25, 0.3) is 0 Å². The van der Waals surface area contributed by atoms with Gasteiger partial charge in [-0.25, -0.2) is 0 Å². The average Bonchev–Trinajstić information content (AvgIpc) is 2.72. The van der Waals surface area contributed by atoms with Crippen molar-refractivity contribution in [3.63, 3.8) is 0 Å². The molecule has 31 heavy (non-hydrogen) atoms. The molecule has 0 aliphatic heterocycles. The number of methoxy groups -OCH3 is 2. The third-order valence-corrected chi connectivity index (χ3v) is 4.32. The quantitative estimate of drug-likeness (QED) is 0.323. The highest BCUT2D eigenvalue weighted by atomic mass is 19.4. The summed E-state index contributed by atoms with van der Waals surface area (Å²) in [6.45, 7) is -0.339. The molecule has 0 bridgehead atoms. The lowest BCUT2D eigenvalue weighted by Crippen LogP contribution is -2.21. The molecule has 4 nitrogen and oxygen atoms in total. The second-order valence-corrected chi connectivity index (χ2v) is 6.41. The number of aliphatic hydroxyl groups is 1. The van der Waals surface area contributed by atoms with Crippen LogP contribution < -0.4 is 4.74 Å². The van der Waals surface area contributed by atoms with Crippen LogP contribution in [0.5, 0.6) is 5.75 Å². The van der Waals surface area contributed by atoms with Crippen LogP contribution in [0, 0.1) is 0 Å². The van der Waals surface area contributed by atoms with Crippen molar-refractivity contribution in [2.75, 3.05) is 21.0 Å². The average molecular weight is 450 g/mol. The van der Waals surface area contributed by atoms with E-state index in [1.54, 1.807) is 0 Å². The number of benzene rings is 2. The first-order valence-electron chi connectivity index (χ1n) is 8.86. The van der Waals surface area contributed by atoms with Crippen LogP contribution in [0.2, 0.25) is 0 Å². The monoisotopic (exact) mass is 450 g/mol. The highest BCUT2D eigenvalue weighted by Crippen LogP contribution is 2.39. The molecule has 1 N–H and O–H groups in total. The third-order valence-electron chi connectivity index (χ3n) is 4.32. The Kier molecular flexibility index (Phi) is 8.10. The molecular weight excluding hydrogens is 430 g/mol. The minimum absolute atomic E-state index is 0.319. The zero-order valence-electron chi connectivity index (χ0n) is 16.5. The Morgan fingerprint density at radius 2 is 1.45 bits per heavy atom. The Morgan fingerprint density at radius 3 is 1.90 bits per heavy atom. The molecule has 10 heteroatoms. The first-order valence-corrected chi connectivity index (χ1v) is 8.86. The number of aliphatic hydroxyl groups excluding tert-OH is 1. The molecule has 2 unspecified atom stereocenters. The van der Waals surface area contributed by atoms with E-state index in [2.05, 4.69) is 0 Å². The van der Waals surface area contributed by atoms with Crippen LogP contribution in [0.3, 0.4) is 0 Å². The van der Waals surface area contributed by atoms with Crippen molar-refractivity contribution in [1.29, 1.82) is 0 Å². The molecule has 0 heterocycles. The lowest BCUT2D eigenvalue weighted by Gasteiger charge is -2.22. The smallest absolute Gasteiger partial charge is 0.416 e. The van der Waals surface area contributed by atoms with Gasteiger partial charge in [0.1, 0.15) is 24.8 Å². The molecule has 170 valence electrons. The van der Waals surface area contributed by atoms with Gasteiger partial charge >= 0.3 is 12.4 Å². The number of alkyl halides is 6. The molecule has 2 aromatic rings. The Labute approximate surface area is 174 Å². The molecular formula is C21H20F6O4. The number of hydrogen-bond acceptors (Lipinski definition) is 4. The van der Waals surface area contributed by atoms with E-state index in [1.807, 2.05) is 0 Å². The highest BCUT2D eigenvalue weighted by molar-refractivity contribution is 5.35. The fourth-order valence-corrected chi connectivity index (χ4v) is 2.71. The maximum atomic E-state index is 13.7. The van der Waals surface area contributed by atoms with Crippen molar-refractivity contribution < 1.29 is 45.7 Å². The highest BCUT2D eigenvalue weighted by Gasteiger charge is 2.40. The lowest BCUT2D eigenvalue weighted by atomic mass is 9.96. The van der Waals surface area contributed by atoms with Gasteiger partial charge in [-0.3, -0.25) is 0 Å². The maximum Gasteiger partial charge on any atom is 0.416 e. The van der Waals surface area contributed by atoms with Crippen LogP contribution in [0.4, 0.5) is 26.3 Å². The van der Waals surface area contributed by atoms with E-state index in [1.165, 1.54) is 38.5 Å². The van der Waals surface area contributed by atoms with Crippen LogP contribution >= 0.6 is 0 Å². The number of ether oxygens (including phenoxy) is 3. The maximum absolute atomic E-state index is 13.7. The molecule has 0 saturated heterocycles. The van der Waals surface area contributed by atoms with Crippen molar-refractivity contribution in [2.45, 2.75) is 24.6 Å². The molecule has 0 fully saturated rings. The minimum atomic E-state index is -4.98. The summed E-state index contributed by atoms with van der Waals surface area (Å²) in [5.41, 5.74) is -2.46. The molecule has 0 amide bonds. The Bertz CT molecular complexity index is 857. The van der Waals surface area contributed by atoms with Crippen molar-refractivity contribution in [3.8, 4) is 5.75 Å². The van der Waals surface area contributed by atoms with E-state index < -0.39 is 35.7 Å². The normalized spacial score (nSPS) is 14.9. The van der Waals surface area contributed by atoms with E-state index in [9.17, 15) is 31.4 Å². The molecule has 0 spiro atoms. The standard InChI is InChI=1S/C21H20F6O4/c1-29-12-31-18(13-5-9-16(30-2)10-6-13)11-17(21(25,26)27)19(28)14-3-7-15(8-4-14)20(22,23)24/h3-11,18-19,28H,12H2,1-2H3/b17-11-. The van der Waals surface area contributed by atoms with E-state index in [0.717, 1.165) is 12.1 Å². The Balaban J connectivity index is 2.44. The van der Waals surface area contributed by atoms with E-state index in [-0.39, 0.29) is 12.4 Å². The van der Waals surface area contributed by atoms with Crippen LogP contribution in [0.15, 0.2) is 60.2 Å². The van der Waals surface area contributed by atoms with Crippen molar-refractivity contribution in [2.24, 2.45) is 0 Å². The summed E-state index contributed by atoms with van der Waals surface area (Å²) in [6.07, 6.45) is -12.5. The van der Waals surface area contributed by atoms with Gasteiger partial charge in [0.05, 0.1) is 18.2 Å². The Hall–Kier alpha value is -2.56. The zero-order valence-corrected chi connectivity index (χ0v) is 16.5. The third kappa shape index (κ3) is 6.71. The molecule has 0 aliphatic carbocycles. The molecule has 0 saturated carbocycles. The van der Waals surface area contributed by atoms with Gasteiger partial charge in [-0.1, -0.05) is 24.3 Å². The van der Waals surface area contributed by atoms with Crippen molar-refractivity contribution in [3.05, 3.63) is 76.9 Å². The first-order chi connectivity index (χ1) is 14.5. The van der Waals surface area contributed by atoms with Gasteiger partial charge < -0.3 is 19.3 Å². The fraction of sp³-hybridized carbons (Fsp3) is 0.333. The first kappa shape index (κ1) is 24.7. The van der Waals surface area contributed by atoms with E-state index in [0.29, 0.717) is 29.5 Å². The molecule has 2 rings (SSSR count). The van der Waals surface area contributed by atoms with Crippen LogP contribution in [-0.4, -0.2) is 32.3 Å². The molecule has 0 radical (unpaired) electrons. The van der Waals surface area contributed by atoms with Gasteiger partial charge in [-0.2, -0.15) is 26.3 Å².